The molecule has 0 aromatic heterocycles. The van der Waals surface area contributed by atoms with Crippen molar-refractivity contribution in [3.8, 4) is 6.07 Å². The van der Waals surface area contributed by atoms with Gasteiger partial charge in [-0.05, 0) is 18.9 Å². The Morgan fingerprint density at radius 3 is 2.32 bits per heavy atom. The van der Waals surface area contributed by atoms with Gasteiger partial charge in [-0.15, -0.1) is 0 Å². The van der Waals surface area contributed by atoms with Crippen molar-refractivity contribution in [3.05, 3.63) is 47.2 Å². The first-order valence-electron chi connectivity index (χ1n) is 8.45. The second kappa shape index (κ2) is 8.88. The van der Waals surface area contributed by atoms with Crippen LogP contribution in [0.5, 0.6) is 0 Å². The van der Waals surface area contributed by atoms with Crippen molar-refractivity contribution in [3.63, 3.8) is 0 Å². The van der Waals surface area contributed by atoms with Gasteiger partial charge in [-0.1, -0.05) is 29.8 Å². The van der Waals surface area contributed by atoms with Gasteiger partial charge >= 0.3 is 0 Å². The average Bonchev–Trinajstić information content (AvgIpc) is 2.63. The molecule has 6 heteroatoms. The lowest BCUT2D eigenvalue weighted by Crippen LogP contribution is -2.50. The van der Waals surface area contributed by atoms with Crippen molar-refractivity contribution < 1.29 is 9.59 Å². The molecule has 25 heavy (non-hydrogen) atoms. The molecule has 132 valence electrons. The lowest BCUT2D eigenvalue weighted by molar-refractivity contribution is -0.136. The molecule has 1 saturated heterocycles. The first-order chi connectivity index (χ1) is 12.0. The smallest absolute Gasteiger partial charge is 0.266 e. The zero-order valence-electron chi connectivity index (χ0n) is 14.8. The van der Waals surface area contributed by atoms with Crippen LogP contribution in [0.3, 0.4) is 0 Å². The number of carbonyl (C=O) groups excluding carboxylic acids is 2. The third-order valence-corrected chi connectivity index (χ3v) is 4.29. The number of rotatable bonds is 5. The SMILES string of the molecule is CC(=O)N1CCN(C(=O)/C(C#N)=C\NCCc2ccc(C)cc2)CC1. The van der Waals surface area contributed by atoms with Crippen molar-refractivity contribution in [1.29, 1.82) is 5.26 Å². The van der Waals surface area contributed by atoms with Crippen LogP contribution >= 0.6 is 0 Å². The number of piperazine rings is 1. The Morgan fingerprint density at radius 1 is 1.16 bits per heavy atom. The molecule has 1 fully saturated rings. The summed E-state index contributed by atoms with van der Waals surface area (Å²) in [6.07, 6.45) is 2.31. The predicted molar refractivity (Wildman–Crippen MR) is 95.4 cm³/mol. The van der Waals surface area contributed by atoms with E-state index in [0.29, 0.717) is 32.7 Å². The molecule has 0 saturated carbocycles. The monoisotopic (exact) mass is 340 g/mol. The minimum absolute atomic E-state index is 0.0147. The minimum Gasteiger partial charge on any atom is -0.389 e. The van der Waals surface area contributed by atoms with Gasteiger partial charge in [0.1, 0.15) is 11.6 Å². The summed E-state index contributed by atoms with van der Waals surface area (Å²) in [4.78, 5) is 27.1. The first-order valence-corrected chi connectivity index (χ1v) is 8.45. The summed E-state index contributed by atoms with van der Waals surface area (Å²) in [5, 5.41) is 12.3. The lowest BCUT2D eigenvalue weighted by atomic mass is 10.1. The van der Waals surface area contributed by atoms with Crippen molar-refractivity contribution in [1.82, 2.24) is 15.1 Å². The van der Waals surface area contributed by atoms with Gasteiger partial charge in [-0.3, -0.25) is 9.59 Å². The first kappa shape index (κ1) is 18.5. The fourth-order valence-electron chi connectivity index (χ4n) is 2.68. The number of nitrogens with zero attached hydrogens (tertiary/aromatic N) is 3. The molecule has 0 bridgehead atoms. The van der Waals surface area contributed by atoms with Crippen molar-refractivity contribution in [2.75, 3.05) is 32.7 Å². The number of aryl methyl sites for hydroxylation is 1. The maximum Gasteiger partial charge on any atom is 0.266 e. The molecule has 1 aromatic carbocycles. The Bertz CT molecular complexity index is 680. The van der Waals surface area contributed by atoms with E-state index in [1.807, 2.05) is 13.0 Å². The van der Waals surface area contributed by atoms with Crippen LogP contribution in [0.1, 0.15) is 18.1 Å². The van der Waals surface area contributed by atoms with Gasteiger partial charge in [0.2, 0.25) is 5.91 Å². The molecular weight excluding hydrogens is 316 g/mol. The number of hydrogen-bond donors (Lipinski definition) is 1. The number of hydrogen-bond acceptors (Lipinski definition) is 4. The molecule has 0 spiro atoms. The summed E-state index contributed by atoms with van der Waals surface area (Å²) < 4.78 is 0. The number of benzene rings is 1. The van der Waals surface area contributed by atoms with Crippen molar-refractivity contribution in [2.24, 2.45) is 0 Å². The molecule has 0 unspecified atom stereocenters. The third kappa shape index (κ3) is 5.35. The van der Waals surface area contributed by atoms with E-state index in [1.165, 1.54) is 24.3 Å². The summed E-state index contributed by atoms with van der Waals surface area (Å²) in [7, 11) is 0. The predicted octanol–water partition coefficient (Wildman–Crippen LogP) is 1.23. The number of nitrogens with one attached hydrogen (secondary N) is 1. The Balaban J connectivity index is 1.83. The van der Waals surface area contributed by atoms with Gasteiger partial charge in [-0.2, -0.15) is 5.26 Å². The number of nitriles is 1. The van der Waals surface area contributed by atoms with E-state index in [1.54, 1.807) is 9.80 Å². The molecule has 0 radical (unpaired) electrons. The van der Waals surface area contributed by atoms with Crippen LogP contribution in [-0.4, -0.2) is 54.3 Å². The molecule has 6 nitrogen and oxygen atoms in total. The Morgan fingerprint density at radius 2 is 1.76 bits per heavy atom. The summed E-state index contributed by atoms with van der Waals surface area (Å²) in [6.45, 7) is 6.17. The molecular formula is C19H24N4O2. The summed E-state index contributed by atoms with van der Waals surface area (Å²) in [5.74, 6) is -0.269. The molecule has 0 aliphatic carbocycles. The fourth-order valence-corrected chi connectivity index (χ4v) is 2.68. The lowest BCUT2D eigenvalue weighted by Gasteiger charge is -2.34. The van der Waals surface area contributed by atoms with Crippen LogP contribution in [0.4, 0.5) is 0 Å². The van der Waals surface area contributed by atoms with Crippen molar-refractivity contribution in [2.45, 2.75) is 20.3 Å². The topological polar surface area (TPSA) is 76.4 Å². The van der Waals surface area contributed by atoms with Gasteiger partial charge < -0.3 is 15.1 Å². The van der Waals surface area contributed by atoms with Crippen LogP contribution in [0.2, 0.25) is 0 Å². The quantitative estimate of drug-likeness (QED) is 0.497. The largest absolute Gasteiger partial charge is 0.389 e. The second-order valence-electron chi connectivity index (χ2n) is 6.16. The zero-order valence-corrected chi connectivity index (χ0v) is 14.8. The van der Waals surface area contributed by atoms with Gasteiger partial charge in [0.15, 0.2) is 0 Å². The summed E-state index contributed by atoms with van der Waals surface area (Å²) >= 11 is 0. The van der Waals surface area contributed by atoms with E-state index in [-0.39, 0.29) is 17.4 Å². The Labute approximate surface area is 148 Å². The fraction of sp³-hybridized carbons (Fsp3) is 0.421. The van der Waals surface area contributed by atoms with E-state index < -0.39 is 0 Å². The van der Waals surface area contributed by atoms with E-state index in [9.17, 15) is 14.9 Å². The van der Waals surface area contributed by atoms with E-state index in [4.69, 9.17) is 0 Å². The van der Waals surface area contributed by atoms with E-state index in [2.05, 4.69) is 29.6 Å². The highest BCUT2D eigenvalue weighted by molar-refractivity contribution is 5.97. The van der Waals surface area contributed by atoms with E-state index in [0.717, 1.165) is 6.42 Å². The maximum absolute atomic E-state index is 12.4. The number of carbonyl (C=O) groups is 2. The molecule has 1 aliphatic heterocycles. The molecule has 1 N–H and O–H groups in total. The van der Waals surface area contributed by atoms with Crippen LogP contribution in [0.15, 0.2) is 36.0 Å². The van der Waals surface area contributed by atoms with Crippen molar-refractivity contribution >= 4 is 11.8 Å². The summed E-state index contributed by atoms with van der Waals surface area (Å²) in [5.41, 5.74) is 2.52. The normalized spacial score (nSPS) is 14.8. The van der Waals surface area contributed by atoms with Gasteiger partial charge in [0, 0.05) is 45.8 Å². The van der Waals surface area contributed by atoms with Gasteiger partial charge in [0.05, 0.1) is 0 Å². The Kier molecular flexibility index (Phi) is 6.58. The highest BCUT2D eigenvalue weighted by Gasteiger charge is 2.24. The molecule has 1 aliphatic rings. The standard InChI is InChI=1S/C19H24N4O2/c1-15-3-5-17(6-4-15)7-8-21-14-18(13-20)19(25)23-11-9-22(10-12-23)16(2)24/h3-6,14,21H,7-12H2,1-2H3/b18-14-. The molecule has 0 atom stereocenters. The summed E-state index contributed by atoms with van der Waals surface area (Å²) in [6, 6.07) is 10.2. The molecule has 2 amide bonds. The Hall–Kier alpha value is -2.81. The second-order valence-corrected chi connectivity index (χ2v) is 6.16. The highest BCUT2D eigenvalue weighted by Crippen LogP contribution is 2.07. The maximum atomic E-state index is 12.4. The molecule has 1 heterocycles. The van der Waals surface area contributed by atoms with Crippen LogP contribution in [0.25, 0.3) is 0 Å². The number of amides is 2. The third-order valence-electron chi connectivity index (χ3n) is 4.29. The zero-order chi connectivity index (χ0) is 18.2. The van der Waals surface area contributed by atoms with E-state index >= 15 is 0 Å². The van der Waals surface area contributed by atoms with Gasteiger partial charge in [0.25, 0.3) is 5.91 Å². The van der Waals surface area contributed by atoms with Gasteiger partial charge in [-0.25, -0.2) is 0 Å². The van der Waals surface area contributed by atoms with Crippen LogP contribution in [0, 0.1) is 18.3 Å². The van der Waals surface area contributed by atoms with Crippen LogP contribution in [-0.2, 0) is 16.0 Å². The average molecular weight is 340 g/mol. The minimum atomic E-state index is -0.284. The molecule has 2 rings (SSSR count). The molecule has 1 aromatic rings. The highest BCUT2D eigenvalue weighted by atomic mass is 16.2. The van der Waals surface area contributed by atoms with Crippen LogP contribution < -0.4 is 5.32 Å².